The molecule has 6 heteroatoms. The first-order valence-corrected chi connectivity index (χ1v) is 6.93. The number of primary amides is 1. The molecule has 0 spiro atoms. The normalized spacial score (nSPS) is 13.6. The smallest absolute Gasteiger partial charge is 0.311 e. The van der Waals surface area contributed by atoms with E-state index in [0.717, 1.165) is 0 Å². The minimum Gasteiger partial charge on any atom is -0.481 e. The summed E-state index contributed by atoms with van der Waals surface area (Å²) in [5.41, 5.74) is 5.90. The molecule has 0 saturated carbocycles. The number of nitrogens with two attached hydrogens (primary N) is 1. The van der Waals surface area contributed by atoms with Gasteiger partial charge in [-0.25, -0.2) is 4.98 Å². The SMILES string of the molecule is NC(=O)CC(c1nccs1)C(C(=O)O)c1ccccc1. The molecular formula is C14H14N2O3S. The maximum Gasteiger partial charge on any atom is 0.311 e. The van der Waals surface area contributed by atoms with Gasteiger partial charge in [0.15, 0.2) is 0 Å². The number of aliphatic carboxylic acids is 1. The highest BCUT2D eigenvalue weighted by molar-refractivity contribution is 7.09. The number of rotatable bonds is 6. The fraction of sp³-hybridized carbons (Fsp3) is 0.214. The first kappa shape index (κ1) is 14.2. The second-order valence-electron chi connectivity index (χ2n) is 4.37. The van der Waals surface area contributed by atoms with Crippen molar-refractivity contribution < 1.29 is 14.7 Å². The van der Waals surface area contributed by atoms with Crippen LogP contribution in [0.5, 0.6) is 0 Å². The third kappa shape index (κ3) is 3.21. The van der Waals surface area contributed by atoms with Gasteiger partial charge in [-0.05, 0) is 5.56 Å². The Morgan fingerprint density at radius 1 is 1.30 bits per heavy atom. The summed E-state index contributed by atoms with van der Waals surface area (Å²) in [6.45, 7) is 0. The maximum absolute atomic E-state index is 11.6. The van der Waals surface area contributed by atoms with Crippen molar-refractivity contribution in [2.24, 2.45) is 5.73 Å². The van der Waals surface area contributed by atoms with Crippen LogP contribution in [0.4, 0.5) is 0 Å². The Morgan fingerprint density at radius 3 is 2.50 bits per heavy atom. The third-order valence-electron chi connectivity index (χ3n) is 3.02. The van der Waals surface area contributed by atoms with Gasteiger partial charge in [0.2, 0.25) is 5.91 Å². The van der Waals surface area contributed by atoms with E-state index >= 15 is 0 Å². The van der Waals surface area contributed by atoms with E-state index < -0.39 is 23.7 Å². The van der Waals surface area contributed by atoms with Crippen molar-refractivity contribution in [2.45, 2.75) is 18.3 Å². The number of carboxylic acid groups (broad SMARTS) is 1. The zero-order valence-corrected chi connectivity index (χ0v) is 11.4. The van der Waals surface area contributed by atoms with Crippen LogP contribution in [0.1, 0.15) is 28.8 Å². The quantitative estimate of drug-likeness (QED) is 0.850. The number of carbonyl (C=O) groups is 2. The van der Waals surface area contributed by atoms with Crippen molar-refractivity contribution in [2.75, 3.05) is 0 Å². The van der Waals surface area contributed by atoms with E-state index in [-0.39, 0.29) is 6.42 Å². The molecule has 2 aromatic rings. The largest absolute Gasteiger partial charge is 0.481 e. The molecule has 5 nitrogen and oxygen atoms in total. The lowest BCUT2D eigenvalue weighted by atomic mass is 9.84. The van der Waals surface area contributed by atoms with E-state index in [9.17, 15) is 14.7 Å². The van der Waals surface area contributed by atoms with Gasteiger partial charge in [-0.1, -0.05) is 30.3 Å². The van der Waals surface area contributed by atoms with Crippen molar-refractivity contribution in [1.29, 1.82) is 0 Å². The fourth-order valence-electron chi connectivity index (χ4n) is 2.19. The predicted octanol–water partition coefficient (Wildman–Crippen LogP) is 1.97. The monoisotopic (exact) mass is 290 g/mol. The van der Waals surface area contributed by atoms with Gasteiger partial charge in [0.25, 0.3) is 0 Å². The average Bonchev–Trinajstić information content (AvgIpc) is 2.92. The first-order valence-electron chi connectivity index (χ1n) is 6.05. The number of thiazole rings is 1. The Bertz CT molecular complexity index is 584. The molecule has 0 fully saturated rings. The van der Waals surface area contributed by atoms with E-state index in [0.29, 0.717) is 10.6 Å². The van der Waals surface area contributed by atoms with Crippen LogP contribution in [-0.2, 0) is 9.59 Å². The number of hydrogen-bond donors (Lipinski definition) is 2. The van der Waals surface area contributed by atoms with Gasteiger partial charge in [0, 0.05) is 23.9 Å². The summed E-state index contributed by atoms with van der Waals surface area (Å²) >= 11 is 1.33. The van der Waals surface area contributed by atoms with Gasteiger partial charge in [-0.3, -0.25) is 9.59 Å². The lowest BCUT2D eigenvalue weighted by Gasteiger charge is -2.21. The Labute approximate surface area is 120 Å². The zero-order valence-electron chi connectivity index (χ0n) is 10.6. The second-order valence-corrected chi connectivity index (χ2v) is 5.30. The average molecular weight is 290 g/mol. The van der Waals surface area contributed by atoms with Gasteiger partial charge in [0.05, 0.1) is 10.9 Å². The van der Waals surface area contributed by atoms with E-state index in [4.69, 9.17) is 5.73 Å². The second kappa shape index (κ2) is 6.29. The zero-order chi connectivity index (χ0) is 14.5. The minimum atomic E-state index is -0.988. The van der Waals surface area contributed by atoms with Gasteiger partial charge < -0.3 is 10.8 Å². The standard InChI is InChI=1S/C14H14N2O3S/c15-11(17)8-10(13-16-6-7-20-13)12(14(18)19)9-4-2-1-3-5-9/h1-7,10,12H,8H2,(H2,15,17)(H,18,19). The fourth-order valence-corrected chi connectivity index (χ4v) is 2.97. The lowest BCUT2D eigenvalue weighted by molar-refractivity contribution is -0.139. The van der Waals surface area contributed by atoms with Crippen LogP contribution in [0.25, 0.3) is 0 Å². The number of benzene rings is 1. The summed E-state index contributed by atoms with van der Waals surface area (Å²) in [5.74, 6) is -2.91. The maximum atomic E-state index is 11.6. The predicted molar refractivity (Wildman–Crippen MR) is 75.5 cm³/mol. The van der Waals surface area contributed by atoms with E-state index in [2.05, 4.69) is 4.98 Å². The molecule has 0 aliphatic heterocycles. The summed E-state index contributed by atoms with van der Waals surface area (Å²) in [5, 5.41) is 11.9. The van der Waals surface area contributed by atoms with E-state index in [1.807, 2.05) is 6.07 Å². The molecule has 0 radical (unpaired) electrons. The molecule has 1 heterocycles. The molecule has 1 amide bonds. The molecule has 2 rings (SSSR count). The Balaban J connectivity index is 2.42. The Kier molecular flexibility index (Phi) is 4.47. The molecule has 2 unspecified atom stereocenters. The molecule has 2 atom stereocenters. The van der Waals surface area contributed by atoms with Gasteiger partial charge in [-0.2, -0.15) is 0 Å². The summed E-state index contributed by atoms with van der Waals surface area (Å²) in [6, 6.07) is 8.83. The minimum absolute atomic E-state index is 0.0423. The molecule has 20 heavy (non-hydrogen) atoms. The van der Waals surface area contributed by atoms with Crippen LogP contribution in [0.15, 0.2) is 41.9 Å². The number of hydrogen-bond acceptors (Lipinski definition) is 4. The molecule has 104 valence electrons. The molecule has 0 aliphatic carbocycles. The summed E-state index contributed by atoms with van der Waals surface area (Å²) in [6.07, 6.45) is 1.55. The summed E-state index contributed by atoms with van der Waals surface area (Å²) < 4.78 is 0. The van der Waals surface area contributed by atoms with Crippen molar-refractivity contribution in [3.63, 3.8) is 0 Å². The molecule has 1 aromatic heterocycles. The first-order chi connectivity index (χ1) is 9.59. The van der Waals surface area contributed by atoms with Crippen molar-refractivity contribution >= 4 is 23.2 Å². The Hall–Kier alpha value is -2.21. The lowest BCUT2D eigenvalue weighted by Crippen LogP contribution is -2.25. The van der Waals surface area contributed by atoms with Crippen LogP contribution >= 0.6 is 11.3 Å². The van der Waals surface area contributed by atoms with Gasteiger partial charge >= 0.3 is 5.97 Å². The van der Waals surface area contributed by atoms with Crippen LogP contribution in [0.3, 0.4) is 0 Å². The number of carboxylic acids is 1. The van der Waals surface area contributed by atoms with E-state index in [1.54, 1.807) is 35.8 Å². The molecule has 0 bridgehead atoms. The van der Waals surface area contributed by atoms with Crippen molar-refractivity contribution in [1.82, 2.24) is 4.98 Å². The molecule has 0 aliphatic rings. The number of carbonyl (C=O) groups excluding carboxylic acids is 1. The topological polar surface area (TPSA) is 93.3 Å². The number of aromatic nitrogens is 1. The van der Waals surface area contributed by atoms with Crippen LogP contribution < -0.4 is 5.73 Å². The summed E-state index contributed by atoms with van der Waals surface area (Å²) in [4.78, 5) is 27.1. The number of amides is 1. The Morgan fingerprint density at radius 2 is 2.00 bits per heavy atom. The molecule has 3 N–H and O–H groups in total. The highest BCUT2D eigenvalue weighted by atomic mass is 32.1. The highest BCUT2D eigenvalue weighted by Crippen LogP contribution is 2.36. The number of nitrogens with zero attached hydrogens (tertiary/aromatic N) is 1. The molecule has 0 saturated heterocycles. The molecule has 1 aromatic carbocycles. The van der Waals surface area contributed by atoms with Crippen LogP contribution in [0, 0.1) is 0 Å². The van der Waals surface area contributed by atoms with Crippen molar-refractivity contribution in [3.05, 3.63) is 52.5 Å². The third-order valence-corrected chi connectivity index (χ3v) is 3.92. The highest BCUT2D eigenvalue weighted by Gasteiger charge is 2.33. The van der Waals surface area contributed by atoms with Gasteiger partial charge in [0.1, 0.15) is 0 Å². The molecular weight excluding hydrogens is 276 g/mol. The van der Waals surface area contributed by atoms with Crippen LogP contribution in [-0.4, -0.2) is 22.0 Å². The van der Waals surface area contributed by atoms with E-state index in [1.165, 1.54) is 11.3 Å². The van der Waals surface area contributed by atoms with Crippen LogP contribution in [0.2, 0.25) is 0 Å². The van der Waals surface area contributed by atoms with Crippen molar-refractivity contribution in [3.8, 4) is 0 Å². The van der Waals surface area contributed by atoms with Gasteiger partial charge in [-0.15, -0.1) is 11.3 Å². The summed E-state index contributed by atoms with van der Waals surface area (Å²) in [7, 11) is 0.